The smallest absolute Gasteiger partial charge is 0.236 e. The molecule has 0 N–H and O–H groups in total. The fraction of sp³-hybridized carbons (Fsp3) is 0.632. The molecule has 0 saturated carbocycles. The molecule has 3 nitrogen and oxygen atoms in total. The van der Waals surface area contributed by atoms with Crippen LogP contribution in [0.4, 0.5) is 4.39 Å². The van der Waals surface area contributed by atoms with Gasteiger partial charge < -0.3 is 4.90 Å². The van der Waals surface area contributed by atoms with Crippen molar-refractivity contribution in [3.05, 3.63) is 35.6 Å². The van der Waals surface area contributed by atoms with Crippen LogP contribution >= 0.6 is 0 Å². The lowest BCUT2D eigenvalue weighted by atomic mass is 9.91. The molecule has 0 bridgehead atoms. The zero-order valence-corrected chi connectivity index (χ0v) is 14.4. The van der Waals surface area contributed by atoms with Crippen molar-refractivity contribution in [1.29, 1.82) is 0 Å². The van der Waals surface area contributed by atoms with E-state index in [2.05, 4.69) is 18.7 Å². The Labute approximate surface area is 139 Å². The molecule has 4 heteroatoms. The first-order valence-corrected chi connectivity index (χ1v) is 8.87. The molecule has 1 atom stereocenters. The predicted molar refractivity (Wildman–Crippen MR) is 91.8 cm³/mol. The largest absolute Gasteiger partial charge is 0.341 e. The third-order valence-corrected chi connectivity index (χ3v) is 4.90. The number of aryl methyl sites for hydroxylation is 1. The van der Waals surface area contributed by atoms with E-state index in [1.807, 2.05) is 17.0 Å². The maximum absolute atomic E-state index is 13.7. The highest BCUT2D eigenvalue weighted by Crippen LogP contribution is 2.22. The van der Waals surface area contributed by atoms with Crippen molar-refractivity contribution in [2.24, 2.45) is 5.92 Å². The van der Waals surface area contributed by atoms with Gasteiger partial charge in [0.05, 0.1) is 6.54 Å². The third-order valence-electron chi connectivity index (χ3n) is 4.90. The van der Waals surface area contributed by atoms with E-state index in [1.165, 1.54) is 6.07 Å². The minimum Gasteiger partial charge on any atom is -0.341 e. The van der Waals surface area contributed by atoms with E-state index in [4.69, 9.17) is 0 Å². The molecule has 1 amide bonds. The Morgan fingerprint density at radius 1 is 1.30 bits per heavy atom. The van der Waals surface area contributed by atoms with Gasteiger partial charge in [0.15, 0.2) is 0 Å². The number of carbonyl (C=O) groups is 1. The molecular formula is C19H29FN2O. The molecule has 1 fully saturated rings. The first kappa shape index (κ1) is 17.9. The van der Waals surface area contributed by atoms with Crippen LogP contribution in [0.25, 0.3) is 0 Å². The quantitative estimate of drug-likeness (QED) is 0.769. The standard InChI is InChI=1S/C19H29FN2O/c1-3-21(4-2)15-19(23)22-13-7-8-16(14-22)11-12-17-9-5-6-10-18(17)20/h5-6,9-10,16H,3-4,7-8,11-15H2,1-2H3. The zero-order chi connectivity index (χ0) is 16.7. The fourth-order valence-electron chi connectivity index (χ4n) is 3.33. The minimum atomic E-state index is -0.113. The van der Waals surface area contributed by atoms with Crippen LogP contribution in [0.15, 0.2) is 24.3 Å². The van der Waals surface area contributed by atoms with Gasteiger partial charge in [-0.3, -0.25) is 9.69 Å². The first-order chi connectivity index (χ1) is 11.1. The molecule has 1 aliphatic rings. The molecule has 1 aromatic rings. The molecule has 1 heterocycles. The second kappa shape index (κ2) is 9.02. The number of benzene rings is 1. The van der Waals surface area contributed by atoms with Crippen molar-refractivity contribution in [2.75, 3.05) is 32.7 Å². The molecule has 1 aromatic carbocycles. The van der Waals surface area contributed by atoms with Gasteiger partial charge >= 0.3 is 0 Å². The van der Waals surface area contributed by atoms with Crippen LogP contribution in [-0.4, -0.2) is 48.4 Å². The molecule has 2 rings (SSSR count). The average Bonchev–Trinajstić information content (AvgIpc) is 2.59. The summed E-state index contributed by atoms with van der Waals surface area (Å²) in [6, 6.07) is 7.00. The number of hydrogen-bond donors (Lipinski definition) is 0. The number of carbonyl (C=O) groups excluding carboxylic acids is 1. The van der Waals surface area contributed by atoms with Crippen molar-refractivity contribution >= 4 is 5.91 Å². The Bertz CT molecular complexity index is 502. The van der Waals surface area contributed by atoms with Gasteiger partial charge in [0, 0.05) is 13.1 Å². The second-order valence-corrected chi connectivity index (χ2v) is 6.44. The summed E-state index contributed by atoms with van der Waals surface area (Å²) in [5, 5.41) is 0. The summed E-state index contributed by atoms with van der Waals surface area (Å²) in [6.45, 7) is 8.21. The maximum atomic E-state index is 13.7. The molecule has 0 aromatic heterocycles. The summed E-state index contributed by atoms with van der Waals surface area (Å²) >= 11 is 0. The van der Waals surface area contributed by atoms with E-state index >= 15 is 0 Å². The Hall–Kier alpha value is -1.42. The number of amides is 1. The van der Waals surface area contributed by atoms with Crippen molar-refractivity contribution in [3.63, 3.8) is 0 Å². The Morgan fingerprint density at radius 3 is 2.74 bits per heavy atom. The number of nitrogens with zero attached hydrogens (tertiary/aromatic N) is 2. The monoisotopic (exact) mass is 320 g/mol. The lowest BCUT2D eigenvalue weighted by Crippen LogP contribution is -2.45. The van der Waals surface area contributed by atoms with Crippen LogP contribution in [-0.2, 0) is 11.2 Å². The summed E-state index contributed by atoms with van der Waals surface area (Å²) in [5.41, 5.74) is 0.791. The van der Waals surface area contributed by atoms with Crippen LogP contribution in [0.2, 0.25) is 0 Å². The molecule has 128 valence electrons. The minimum absolute atomic E-state index is 0.113. The van der Waals surface area contributed by atoms with E-state index in [9.17, 15) is 9.18 Å². The van der Waals surface area contributed by atoms with Gasteiger partial charge in [-0.05, 0) is 56.3 Å². The van der Waals surface area contributed by atoms with Crippen LogP contribution in [0.5, 0.6) is 0 Å². The zero-order valence-electron chi connectivity index (χ0n) is 14.4. The highest BCUT2D eigenvalue weighted by Gasteiger charge is 2.24. The molecule has 1 saturated heterocycles. The van der Waals surface area contributed by atoms with Gasteiger partial charge in [0.25, 0.3) is 0 Å². The van der Waals surface area contributed by atoms with Gasteiger partial charge in [0.1, 0.15) is 5.82 Å². The van der Waals surface area contributed by atoms with Crippen molar-refractivity contribution in [1.82, 2.24) is 9.80 Å². The Kier molecular flexibility index (Phi) is 7.03. The topological polar surface area (TPSA) is 23.6 Å². The van der Waals surface area contributed by atoms with Gasteiger partial charge in [0.2, 0.25) is 5.91 Å². The molecule has 1 aliphatic heterocycles. The van der Waals surface area contributed by atoms with Gasteiger partial charge in [-0.2, -0.15) is 0 Å². The summed E-state index contributed by atoms with van der Waals surface area (Å²) < 4.78 is 13.7. The van der Waals surface area contributed by atoms with Crippen LogP contribution in [0.3, 0.4) is 0 Å². The molecule has 1 unspecified atom stereocenters. The number of likely N-dealkylation sites (tertiary alicyclic amines) is 1. The highest BCUT2D eigenvalue weighted by molar-refractivity contribution is 5.78. The van der Waals surface area contributed by atoms with E-state index in [1.54, 1.807) is 6.07 Å². The number of piperidine rings is 1. The van der Waals surface area contributed by atoms with Crippen molar-refractivity contribution in [2.45, 2.75) is 39.5 Å². The van der Waals surface area contributed by atoms with Crippen molar-refractivity contribution in [3.8, 4) is 0 Å². The number of likely N-dealkylation sites (N-methyl/N-ethyl adjacent to an activating group) is 1. The van der Waals surface area contributed by atoms with Gasteiger partial charge in [-0.15, -0.1) is 0 Å². The molecule has 0 spiro atoms. The molecule has 0 radical (unpaired) electrons. The summed E-state index contributed by atoms with van der Waals surface area (Å²) in [7, 11) is 0. The lowest BCUT2D eigenvalue weighted by Gasteiger charge is -2.34. The average molecular weight is 320 g/mol. The SMILES string of the molecule is CCN(CC)CC(=O)N1CCCC(CCc2ccccc2F)C1. The number of halogens is 1. The van der Waals surface area contributed by atoms with Gasteiger partial charge in [-0.25, -0.2) is 4.39 Å². The Morgan fingerprint density at radius 2 is 2.04 bits per heavy atom. The van der Waals surface area contributed by atoms with E-state index in [-0.39, 0.29) is 11.7 Å². The Balaban J connectivity index is 1.83. The second-order valence-electron chi connectivity index (χ2n) is 6.44. The fourth-order valence-corrected chi connectivity index (χ4v) is 3.33. The first-order valence-electron chi connectivity index (χ1n) is 8.87. The van der Waals surface area contributed by atoms with E-state index in [0.29, 0.717) is 12.5 Å². The normalized spacial score (nSPS) is 18.4. The summed E-state index contributed by atoms with van der Waals surface area (Å²) in [4.78, 5) is 16.6. The lowest BCUT2D eigenvalue weighted by molar-refractivity contribution is -0.134. The molecular weight excluding hydrogens is 291 g/mol. The van der Waals surface area contributed by atoms with Crippen molar-refractivity contribution < 1.29 is 9.18 Å². The van der Waals surface area contributed by atoms with E-state index in [0.717, 1.165) is 57.4 Å². The highest BCUT2D eigenvalue weighted by atomic mass is 19.1. The summed E-state index contributed by atoms with van der Waals surface area (Å²) in [6.07, 6.45) is 3.92. The van der Waals surface area contributed by atoms with Crippen LogP contribution in [0, 0.1) is 11.7 Å². The number of rotatable bonds is 7. The molecule has 0 aliphatic carbocycles. The van der Waals surface area contributed by atoms with Gasteiger partial charge in [-0.1, -0.05) is 32.0 Å². The molecule has 23 heavy (non-hydrogen) atoms. The number of hydrogen-bond acceptors (Lipinski definition) is 2. The predicted octanol–water partition coefficient (Wildman–Crippen LogP) is 3.34. The maximum Gasteiger partial charge on any atom is 0.236 e. The third kappa shape index (κ3) is 5.31. The van der Waals surface area contributed by atoms with Crippen LogP contribution in [0.1, 0.15) is 38.7 Å². The van der Waals surface area contributed by atoms with E-state index < -0.39 is 0 Å². The van der Waals surface area contributed by atoms with Crippen LogP contribution < -0.4 is 0 Å². The summed E-state index contributed by atoms with van der Waals surface area (Å²) in [5.74, 6) is 0.617.